The molecule has 0 fully saturated rings. The van der Waals surface area contributed by atoms with Gasteiger partial charge in [-0.15, -0.1) is 4.41 Å². The number of H-pyrrole nitrogens is 1. The summed E-state index contributed by atoms with van der Waals surface area (Å²) in [6, 6.07) is 29.1. The van der Waals surface area contributed by atoms with Crippen molar-refractivity contribution in [3.8, 4) is 0 Å². The van der Waals surface area contributed by atoms with Gasteiger partial charge in [0.15, 0.2) is 0 Å². The fourth-order valence-corrected chi connectivity index (χ4v) is 4.86. The van der Waals surface area contributed by atoms with Crippen molar-refractivity contribution in [1.29, 1.82) is 0 Å². The lowest BCUT2D eigenvalue weighted by atomic mass is 10.2. The number of aromatic amines is 1. The van der Waals surface area contributed by atoms with Gasteiger partial charge in [0, 0.05) is 19.3 Å². The van der Waals surface area contributed by atoms with Crippen LogP contribution in [0.1, 0.15) is 11.3 Å². The Labute approximate surface area is 203 Å². The molecule has 0 aliphatic rings. The molecular weight excluding hydrogens is 460 g/mol. The molecule has 0 saturated carbocycles. The van der Waals surface area contributed by atoms with Gasteiger partial charge >= 0.3 is 0 Å². The topological polar surface area (TPSA) is 103 Å². The van der Waals surface area contributed by atoms with E-state index in [4.69, 9.17) is 0 Å². The molecule has 0 amide bonds. The van der Waals surface area contributed by atoms with Crippen LogP contribution in [0.5, 0.6) is 0 Å². The number of nitrogens with one attached hydrogen (secondary N) is 3. The van der Waals surface area contributed by atoms with Crippen LogP contribution in [0.25, 0.3) is 11.0 Å². The third kappa shape index (κ3) is 5.16. The van der Waals surface area contributed by atoms with Crippen molar-refractivity contribution in [3.63, 3.8) is 0 Å². The van der Waals surface area contributed by atoms with Crippen LogP contribution in [0, 0.1) is 0 Å². The number of pyridine rings is 1. The molecule has 0 atom stereocenters. The van der Waals surface area contributed by atoms with E-state index in [1.807, 2.05) is 66.7 Å². The predicted molar refractivity (Wildman–Crippen MR) is 137 cm³/mol. The highest BCUT2D eigenvalue weighted by Gasteiger charge is 2.28. The highest BCUT2D eigenvalue weighted by Crippen LogP contribution is 2.25. The van der Waals surface area contributed by atoms with Crippen molar-refractivity contribution in [2.75, 3.05) is 9.84 Å². The molecule has 5 aromatic rings. The van der Waals surface area contributed by atoms with Crippen LogP contribution in [-0.4, -0.2) is 23.4 Å². The minimum Gasteiger partial charge on any atom is -0.322 e. The van der Waals surface area contributed by atoms with E-state index in [0.717, 1.165) is 21.2 Å². The van der Waals surface area contributed by atoms with Crippen LogP contribution in [0.15, 0.2) is 108 Å². The number of anilines is 2. The van der Waals surface area contributed by atoms with Crippen molar-refractivity contribution in [1.82, 2.24) is 20.3 Å². The second-order valence-electron chi connectivity index (χ2n) is 7.89. The number of imidazole rings is 1. The molecule has 3 N–H and O–H groups in total. The first kappa shape index (κ1) is 22.6. The number of para-hydroxylation sites is 2. The SMILES string of the molecule is O=S(=O)(c1ccccc1)N(Nc1ccc(CNCc2ccccn2)cc1)c1nc2ccccc2[nH]1. The normalized spacial score (nSPS) is 11.4. The number of nitrogens with zero attached hydrogens (tertiary/aromatic N) is 3. The van der Waals surface area contributed by atoms with E-state index in [2.05, 4.69) is 25.7 Å². The van der Waals surface area contributed by atoms with Crippen LogP contribution in [0.3, 0.4) is 0 Å². The number of hydrogen-bond donors (Lipinski definition) is 3. The van der Waals surface area contributed by atoms with Crippen molar-refractivity contribution in [2.45, 2.75) is 18.0 Å². The Morgan fingerprint density at radius 1 is 0.800 bits per heavy atom. The summed E-state index contributed by atoms with van der Waals surface area (Å²) in [5.41, 5.74) is 7.08. The number of sulfonamides is 1. The van der Waals surface area contributed by atoms with Gasteiger partial charge in [-0.05, 0) is 54.1 Å². The molecule has 0 saturated heterocycles. The molecule has 2 heterocycles. The maximum absolute atomic E-state index is 13.5. The molecule has 0 bridgehead atoms. The molecule has 8 nitrogen and oxygen atoms in total. The third-order valence-corrected chi connectivity index (χ3v) is 7.01. The summed E-state index contributed by atoms with van der Waals surface area (Å²) in [5, 5.41) is 3.36. The quantitative estimate of drug-likeness (QED) is 0.267. The van der Waals surface area contributed by atoms with E-state index in [-0.39, 0.29) is 10.8 Å². The van der Waals surface area contributed by atoms with E-state index in [9.17, 15) is 8.42 Å². The lowest BCUT2D eigenvalue weighted by molar-refractivity contribution is 0.593. The van der Waals surface area contributed by atoms with Crippen molar-refractivity contribution in [3.05, 3.63) is 115 Å². The van der Waals surface area contributed by atoms with Gasteiger partial charge in [-0.2, -0.15) is 8.42 Å². The zero-order chi connectivity index (χ0) is 24.1. The van der Waals surface area contributed by atoms with Gasteiger partial charge in [-0.25, -0.2) is 4.98 Å². The summed E-state index contributed by atoms with van der Waals surface area (Å²) in [6.07, 6.45) is 1.77. The summed E-state index contributed by atoms with van der Waals surface area (Å²) in [7, 11) is -3.95. The average Bonchev–Trinajstić information content (AvgIpc) is 3.33. The monoisotopic (exact) mass is 484 g/mol. The fourth-order valence-electron chi connectivity index (χ4n) is 3.61. The molecule has 35 heavy (non-hydrogen) atoms. The number of hydrogen-bond acceptors (Lipinski definition) is 6. The molecule has 0 radical (unpaired) electrons. The van der Waals surface area contributed by atoms with Crippen molar-refractivity contribution >= 4 is 32.7 Å². The Kier molecular flexibility index (Phi) is 6.42. The van der Waals surface area contributed by atoms with Crippen LogP contribution in [-0.2, 0) is 23.1 Å². The number of rotatable bonds is 9. The fraction of sp³-hybridized carbons (Fsp3) is 0.0769. The number of fused-ring (bicyclic) bond motifs is 1. The van der Waals surface area contributed by atoms with Crippen LogP contribution < -0.4 is 15.2 Å². The van der Waals surface area contributed by atoms with Crippen molar-refractivity contribution in [2.24, 2.45) is 0 Å². The second kappa shape index (κ2) is 9.96. The summed E-state index contributed by atoms with van der Waals surface area (Å²) < 4.78 is 28.2. The summed E-state index contributed by atoms with van der Waals surface area (Å²) in [5.74, 6) is 0.177. The van der Waals surface area contributed by atoms with Gasteiger partial charge in [-0.3, -0.25) is 10.4 Å². The molecule has 176 valence electrons. The predicted octanol–water partition coefficient (Wildman–Crippen LogP) is 4.47. The standard InChI is InChI=1S/C26H24N6O2S/c33-35(34,23-9-2-1-3-10-23)32(26-29-24-11-4-5-12-25(24)30-26)31-21-15-13-20(14-16-21)18-27-19-22-8-6-7-17-28-22/h1-17,27,31H,18-19H2,(H,29,30). The smallest absolute Gasteiger partial charge is 0.284 e. The zero-order valence-electron chi connectivity index (χ0n) is 18.8. The van der Waals surface area contributed by atoms with E-state index in [0.29, 0.717) is 24.3 Å². The lowest BCUT2D eigenvalue weighted by Crippen LogP contribution is -2.37. The van der Waals surface area contributed by atoms with E-state index >= 15 is 0 Å². The molecule has 2 aromatic heterocycles. The lowest BCUT2D eigenvalue weighted by Gasteiger charge is -2.23. The Hall–Kier alpha value is -4.21. The molecular formula is C26H24N6O2S. The summed E-state index contributed by atoms with van der Waals surface area (Å²) in [6.45, 7) is 1.32. The molecule has 0 aliphatic heterocycles. The van der Waals surface area contributed by atoms with E-state index in [1.165, 1.54) is 0 Å². The van der Waals surface area contributed by atoms with Crippen LogP contribution in [0.2, 0.25) is 0 Å². The average molecular weight is 485 g/mol. The van der Waals surface area contributed by atoms with Gasteiger partial charge in [0.2, 0.25) is 5.95 Å². The molecule has 0 aliphatic carbocycles. The second-order valence-corrected chi connectivity index (χ2v) is 9.68. The molecule has 3 aromatic carbocycles. The first-order valence-electron chi connectivity index (χ1n) is 11.1. The first-order valence-corrected chi connectivity index (χ1v) is 12.5. The van der Waals surface area contributed by atoms with Gasteiger partial charge in [0.05, 0.1) is 27.3 Å². The number of hydrazine groups is 1. The van der Waals surface area contributed by atoms with Gasteiger partial charge in [0.1, 0.15) is 0 Å². The third-order valence-electron chi connectivity index (χ3n) is 5.40. The summed E-state index contributed by atoms with van der Waals surface area (Å²) >= 11 is 0. The van der Waals surface area contributed by atoms with E-state index < -0.39 is 10.0 Å². The van der Waals surface area contributed by atoms with Crippen molar-refractivity contribution < 1.29 is 8.42 Å². The molecule has 0 unspecified atom stereocenters. The molecule has 0 spiro atoms. The first-order chi connectivity index (χ1) is 17.1. The largest absolute Gasteiger partial charge is 0.322 e. The maximum atomic E-state index is 13.5. The Morgan fingerprint density at radius 3 is 2.29 bits per heavy atom. The minimum absolute atomic E-state index is 0.156. The minimum atomic E-state index is -3.95. The number of aromatic nitrogens is 3. The Balaban J connectivity index is 1.37. The highest BCUT2D eigenvalue weighted by molar-refractivity contribution is 7.92. The zero-order valence-corrected chi connectivity index (χ0v) is 19.6. The Morgan fingerprint density at radius 2 is 1.54 bits per heavy atom. The van der Waals surface area contributed by atoms with Gasteiger partial charge < -0.3 is 10.3 Å². The van der Waals surface area contributed by atoms with Crippen LogP contribution >= 0.6 is 0 Å². The van der Waals surface area contributed by atoms with Gasteiger partial charge in [0.25, 0.3) is 10.0 Å². The number of benzene rings is 3. The molecule has 5 rings (SSSR count). The highest BCUT2D eigenvalue weighted by atomic mass is 32.2. The molecule has 9 heteroatoms. The summed E-state index contributed by atoms with van der Waals surface area (Å²) in [4.78, 5) is 12.1. The van der Waals surface area contributed by atoms with Crippen LogP contribution in [0.4, 0.5) is 11.6 Å². The van der Waals surface area contributed by atoms with Gasteiger partial charge in [-0.1, -0.05) is 48.5 Å². The van der Waals surface area contributed by atoms with E-state index in [1.54, 1.807) is 36.5 Å². The maximum Gasteiger partial charge on any atom is 0.284 e. The Bertz CT molecular complexity index is 1470.